The fourth-order valence-corrected chi connectivity index (χ4v) is 3.84. The molecule has 0 unspecified atom stereocenters. The minimum atomic E-state index is -0.317. The summed E-state index contributed by atoms with van der Waals surface area (Å²) in [5.74, 6) is 0.215. The van der Waals surface area contributed by atoms with Crippen LogP contribution in [0.2, 0.25) is 0 Å². The van der Waals surface area contributed by atoms with E-state index in [1.807, 2.05) is 24.3 Å². The summed E-state index contributed by atoms with van der Waals surface area (Å²) in [5.41, 5.74) is 2.19. The molecule has 0 bridgehead atoms. The molecule has 1 N–H and O–H groups in total. The molecule has 1 fully saturated rings. The van der Waals surface area contributed by atoms with Crippen molar-refractivity contribution in [2.45, 2.75) is 56.9 Å². The van der Waals surface area contributed by atoms with Gasteiger partial charge in [0.15, 0.2) is 0 Å². The molecule has 2 aromatic rings. The minimum absolute atomic E-state index is 0.193. The van der Waals surface area contributed by atoms with Crippen LogP contribution in [0.4, 0.5) is 0 Å². The van der Waals surface area contributed by atoms with Crippen LogP contribution in [0.1, 0.15) is 50.2 Å². The molecule has 0 aliphatic heterocycles. The number of hydrogen-bond donors (Lipinski definition) is 1. The van der Waals surface area contributed by atoms with E-state index in [0.717, 1.165) is 38.5 Å². The van der Waals surface area contributed by atoms with E-state index in [9.17, 15) is 4.79 Å². The van der Waals surface area contributed by atoms with Gasteiger partial charge in [0, 0.05) is 6.04 Å². The molecule has 126 valence electrons. The average Bonchev–Trinajstić information content (AvgIpc) is 3.13. The Kier molecular flexibility index (Phi) is 5.34. The number of carbonyl (C=O) groups is 1. The second-order valence-corrected chi connectivity index (χ2v) is 7.05. The smallest absolute Gasteiger partial charge is 0.230 e. The number of carbonyl (C=O) groups excluding carboxylic acids is 1. The molecule has 24 heavy (non-hydrogen) atoms. The third-order valence-electron chi connectivity index (χ3n) is 5.30. The van der Waals surface area contributed by atoms with Gasteiger partial charge in [-0.15, -0.1) is 0 Å². The van der Waals surface area contributed by atoms with Crippen molar-refractivity contribution in [3.8, 4) is 0 Å². The van der Waals surface area contributed by atoms with Crippen LogP contribution in [0.3, 0.4) is 0 Å². The standard InChI is InChI=1S/C22H27NO/c1-18(14-15-19-10-4-2-5-11-19)23-21(24)22(16-8-9-17-22)20-12-6-3-7-13-20/h2-7,10-13,18H,8-9,14-17H2,1H3,(H,23,24)/t18-/m0/s1. The topological polar surface area (TPSA) is 29.1 Å². The molecule has 0 spiro atoms. The lowest BCUT2D eigenvalue weighted by Gasteiger charge is -2.30. The van der Waals surface area contributed by atoms with Gasteiger partial charge in [-0.1, -0.05) is 73.5 Å². The zero-order valence-electron chi connectivity index (χ0n) is 14.5. The third kappa shape index (κ3) is 3.69. The van der Waals surface area contributed by atoms with Crippen LogP contribution in [0, 0.1) is 0 Å². The molecule has 1 atom stereocenters. The van der Waals surface area contributed by atoms with E-state index < -0.39 is 0 Å². The molecule has 0 saturated heterocycles. The molecule has 0 heterocycles. The van der Waals surface area contributed by atoms with Crippen LogP contribution < -0.4 is 5.32 Å². The van der Waals surface area contributed by atoms with Crippen LogP contribution in [-0.4, -0.2) is 11.9 Å². The van der Waals surface area contributed by atoms with Gasteiger partial charge < -0.3 is 5.32 Å². The maximum atomic E-state index is 13.1. The first-order chi connectivity index (χ1) is 11.7. The van der Waals surface area contributed by atoms with E-state index in [1.54, 1.807) is 0 Å². The minimum Gasteiger partial charge on any atom is -0.353 e. The molecule has 1 amide bonds. The third-order valence-corrected chi connectivity index (χ3v) is 5.30. The van der Waals surface area contributed by atoms with E-state index in [1.165, 1.54) is 11.1 Å². The number of hydrogen-bond acceptors (Lipinski definition) is 1. The summed E-state index contributed by atoms with van der Waals surface area (Å²) >= 11 is 0. The number of amides is 1. The number of rotatable bonds is 6. The van der Waals surface area contributed by atoms with E-state index in [0.29, 0.717) is 0 Å². The second-order valence-electron chi connectivity index (χ2n) is 7.05. The highest BCUT2D eigenvalue weighted by Crippen LogP contribution is 2.41. The zero-order valence-corrected chi connectivity index (χ0v) is 14.5. The van der Waals surface area contributed by atoms with Gasteiger partial charge >= 0.3 is 0 Å². The van der Waals surface area contributed by atoms with Crippen molar-refractivity contribution in [1.82, 2.24) is 5.32 Å². The maximum absolute atomic E-state index is 13.1. The lowest BCUT2D eigenvalue weighted by molar-refractivity contribution is -0.127. The first kappa shape index (κ1) is 16.8. The molecule has 1 saturated carbocycles. The average molecular weight is 321 g/mol. The first-order valence-corrected chi connectivity index (χ1v) is 9.11. The molecule has 0 radical (unpaired) electrons. The van der Waals surface area contributed by atoms with Crippen LogP contribution in [0.15, 0.2) is 60.7 Å². The maximum Gasteiger partial charge on any atom is 0.230 e. The van der Waals surface area contributed by atoms with Crippen LogP contribution >= 0.6 is 0 Å². The fraction of sp³-hybridized carbons (Fsp3) is 0.409. The highest BCUT2D eigenvalue weighted by atomic mass is 16.2. The predicted octanol–water partition coefficient (Wildman–Crippen LogP) is 4.64. The van der Waals surface area contributed by atoms with Crippen molar-refractivity contribution in [3.63, 3.8) is 0 Å². The van der Waals surface area contributed by atoms with Crippen molar-refractivity contribution in [3.05, 3.63) is 71.8 Å². The summed E-state index contributed by atoms with van der Waals surface area (Å²) in [5, 5.41) is 3.29. The highest BCUT2D eigenvalue weighted by molar-refractivity contribution is 5.88. The Labute approximate surface area is 145 Å². The molecule has 1 aliphatic rings. The van der Waals surface area contributed by atoms with E-state index in [-0.39, 0.29) is 17.4 Å². The number of nitrogens with one attached hydrogen (secondary N) is 1. The second kappa shape index (κ2) is 7.65. The normalized spacial score (nSPS) is 17.4. The monoisotopic (exact) mass is 321 g/mol. The molecular formula is C22H27NO. The zero-order chi connectivity index (χ0) is 16.8. The fourth-order valence-electron chi connectivity index (χ4n) is 3.84. The summed E-state index contributed by atoms with van der Waals surface area (Å²) < 4.78 is 0. The Morgan fingerprint density at radius 3 is 2.21 bits per heavy atom. The molecule has 2 aromatic carbocycles. The van der Waals surface area contributed by atoms with Crippen LogP contribution in [-0.2, 0) is 16.6 Å². The summed E-state index contributed by atoms with van der Waals surface area (Å²) in [6.07, 6.45) is 6.19. The largest absolute Gasteiger partial charge is 0.353 e. The highest BCUT2D eigenvalue weighted by Gasteiger charge is 2.42. The Bertz CT molecular complexity index is 644. The van der Waals surface area contributed by atoms with E-state index >= 15 is 0 Å². The van der Waals surface area contributed by atoms with Gasteiger partial charge in [0.1, 0.15) is 0 Å². The van der Waals surface area contributed by atoms with Gasteiger partial charge in [0.05, 0.1) is 5.41 Å². The van der Waals surface area contributed by atoms with Gasteiger partial charge in [-0.2, -0.15) is 0 Å². The predicted molar refractivity (Wildman–Crippen MR) is 99.0 cm³/mol. The summed E-state index contributed by atoms with van der Waals surface area (Å²) in [6.45, 7) is 2.12. The van der Waals surface area contributed by atoms with Crippen molar-refractivity contribution in [2.24, 2.45) is 0 Å². The molecule has 3 rings (SSSR count). The molecule has 2 nitrogen and oxygen atoms in total. The lowest BCUT2D eigenvalue weighted by Crippen LogP contribution is -2.46. The van der Waals surface area contributed by atoms with Crippen molar-refractivity contribution in [1.29, 1.82) is 0 Å². The van der Waals surface area contributed by atoms with Crippen molar-refractivity contribution in [2.75, 3.05) is 0 Å². The Hall–Kier alpha value is -2.09. The van der Waals surface area contributed by atoms with Crippen LogP contribution in [0.5, 0.6) is 0 Å². The molecule has 0 aromatic heterocycles. The van der Waals surface area contributed by atoms with Crippen LogP contribution in [0.25, 0.3) is 0 Å². The molecular weight excluding hydrogens is 294 g/mol. The van der Waals surface area contributed by atoms with E-state index in [4.69, 9.17) is 0 Å². The van der Waals surface area contributed by atoms with Crippen molar-refractivity contribution < 1.29 is 4.79 Å². The van der Waals surface area contributed by atoms with Crippen molar-refractivity contribution >= 4 is 5.91 Å². The van der Waals surface area contributed by atoms with Gasteiger partial charge in [-0.25, -0.2) is 0 Å². The molecule has 1 aliphatic carbocycles. The van der Waals surface area contributed by atoms with E-state index in [2.05, 4.69) is 48.6 Å². The molecule has 2 heteroatoms. The number of aryl methyl sites for hydroxylation is 1. The summed E-state index contributed by atoms with van der Waals surface area (Å²) in [4.78, 5) is 13.1. The van der Waals surface area contributed by atoms with Gasteiger partial charge in [0.25, 0.3) is 0 Å². The van der Waals surface area contributed by atoms with Gasteiger partial charge in [0.2, 0.25) is 5.91 Å². The van der Waals surface area contributed by atoms with Gasteiger partial charge in [-0.3, -0.25) is 4.79 Å². The Balaban J connectivity index is 1.64. The van der Waals surface area contributed by atoms with Gasteiger partial charge in [-0.05, 0) is 43.7 Å². The Morgan fingerprint density at radius 1 is 1.00 bits per heavy atom. The Morgan fingerprint density at radius 2 is 1.58 bits per heavy atom. The quantitative estimate of drug-likeness (QED) is 0.825. The number of benzene rings is 2. The summed E-state index contributed by atoms with van der Waals surface area (Å²) in [7, 11) is 0. The summed E-state index contributed by atoms with van der Waals surface area (Å²) in [6, 6.07) is 21.0. The lowest BCUT2D eigenvalue weighted by atomic mass is 9.78. The SMILES string of the molecule is C[C@@H](CCc1ccccc1)NC(=O)C1(c2ccccc2)CCCC1. The first-order valence-electron chi connectivity index (χ1n) is 9.11.